The third-order valence-electron chi connectivity index (χ3n) is 5.77. The van der Waals surface area contributed by atoms with Gasteiger partial charge in [-0.3, -0.25) is 9.59 Å². The summed E-state index contributed by atoms with van der Waals surface area (Å²) in [5.74, 6) is -1.14. The quantitative estimate of drug-likeness (QED) is 0.576. The van der Waals surface area contributed by atoms with E-state index in [1.807, 2.05) is 0 Å². The number of primary amides is 1. The maximum atomic E-state index is 13.3. The van der Waals surface area contributed by atoms with Gasteiger partial charge in [0.05, 0.1) is 11.1 Å². The normalized spacial score (nSPS) is 15.1. The highest BCUT2D eigenvalue weighted by Gasteiger charge is 2.34. The first-order valence-electron chi connectivity index (χ1n) is 10.3. The second kappa shape index (κ2) is 8.97. The number of alkyl halides is 3. The van der Waals surface area contributed by atoms with Gasteiger partial charge in [-0.2, -0.15) is 0 Å². The topological polar surface area (TPSA) is 77.6 Å². The standard InChI is InChI=1S/C23H21ClF3N3O3/c24-15-5-6-17-18(12-30(13-21(28)31)19(17)11-15)22(32)29-9-7-14(8-10-29)16-3-1-2-4-20(16)33-23(25,26)27/h1-6,11-12,14H,7-10,13H2,(H2,28,31). The van der Waals surface area contributed by atoms with Crippen LogP contribution in [0.4, 0.5) is 13.2 Å². The van der Waals surface area contributed by atoms with Gasteiger partial charge in [-0.25, -0.2) is 0 Å². The fourth-order valence-corrected chi connectivity index (χ4v) is 4.50. The van der Waals surface area contributed by atoms with Crippen LogP contribution in [0, 0.1) is 0 Å². The lowest BCUT2D eigenvalue weighted by molar-refractivity contribution is -0.275. The number of hydrogen-bond donors (Lipinski definition) is 1. The van der Waals surface area contributed by atoms with Gasteiger partial charge >= 0.3 is 6.36 Å². The number of rotatable bonds is 5. The van der Waals surface area contributed by atoms with Crippen molar-refractivity contribution in [3.63, 3.8) is 0 Å². The lowest BCUT2D eigenvalue weighted by atomic mass is 9.88. The Labute approximate surface area is 192 Å². The number of aromatic nitrogens is 1. The molecule has 1 aromatic heterocycles. The minimum Gasteiger partial charge on any atom is -0.405 e. The molecule has 33 heavy (non-hydrogen) atoms. The molecule has 3 aromatic rings. The number of benzene rings is 2. The zero-order valence-electron chi connectivity index (χ0n) is 17.4. The van der Waals surface area contributed by atoms with E-state index in [9.17, 15) is 22.8 Å². The summed E-state index contributed by atoms with van der Waals surface area (Å²) >= 11 is 6.09. The number of para-hydroxylation sites is 1. The first-order valence-corrected chi connectivity index (χ1v) is 10.7. The molecule has 4 rings (SSSR count). The Hall–Kier alpha value is -3.20. The summed E-state index contributed by atoms with van der Waals surface area (Å²) in [5, 5.41) is 1.11. The molecule has 0 spiro atoms. The van der Waals surface area contributed by atoms with Gasteiger partial charge in [0.15, 0.2) is 0 Å². The minimum absolute atomic E-state index is 0.0951. The summed E-state index contributed by atoms with van der Waals surface area (Å²) < 4.78 is 44.1. The van der Waals surface area contributed by atoms with Gasteiger partial charge in [-0.05, 0) is 42.5 Å². The molecule has 10 heteroatoms. The maximum absolute atomic E-state index is 13.3. The molecule has 0 atom stereocenters. The molecule has 0 saturated carbocycles. The molecule has 2 heterocycles. The molecular weight excluding hydrogens is 459 g/mol. The van der Waals surface area contributed by atoms with Gasteiger partial charge in [0, 0.05) is 29.7 Å². The number of nitrogens with zero attached hydrogens (tertiary/aromatic N) is 2. The second-order valence-corrected chi connectivity index (χ2v) is 8.39. The molecule has 0 radical (unpaired) electrons. The highest BCUT2D eigenvalue weighted by molar-refractivity contribution is 6.31. The predicted octanol–water partition coefficient (Wildman–Crippen LogP) is 4.70. The van der Waals surface area contributed by atoms with E-state index in [-0.39, 0.29) is 24.1 Å². The molecule has 174 valence electrons. The molecule has 0 unspecified atom stereocenters. The van der Waals surface area contributed by atoms with Crippen LogP contribution in [-0.2, 0) is 11.3 Å². The monoisotopic (exact) mass is 479 g/mol. The van der Waals surface area contributed by atoms with Gasteiger partial charge in [0.1, 0.15) is 12.3 Å². The van der Waals surface area contributed by atoms with E-state index >= 15 is 0 Å². The van der Waals surface area contributed by atoms with Crippen LogP contribution >= 0.6 is 11.6 Å². The van der Waals surface area contributed by atoms with Crippen LogP contribution in [0.5, 0.6) is 5.75 Å². The Kier molecular flexibility index (Phi) is 6.25. The molecule has 2 N–H and O–H groups in total. The Balaban J connectivity index is 1.53. The largest absolute Gasteiger partial charge is 0.573 e. The van der Waals surface area contributed by atoms with Crippen LogP contribution in [0.2, 0.25) is 5.02 Å². The molecule has 1 aliphatic heterocycles. The number of fused-ring (bicyclic) bond motifs is 1. The van der Waals surface area contributed by atoms with Crippen molar-refractivity contribution in [2.45, 2.75) is 31.7 Å². The smallest absolute Gasteiger partial charge is 0.405 e. The summed E-state index contributed by atoms with van der Waals surface area (Å²) in [6.45, 7) is 0.655. The molecule has 1 fully saturated rings. The van der Waals surface area contributed by atoms with E-state index in [1.54, 1.807) is 46.0 Å². The third-order valence-corrected chi connectivity index (χ3v) is 6.00. The minimum atomic E-state index is -4.77. The Morgan fingerprint density at radius 2 is 1.82 bits per heavy atom. The van der Waals surface area contributed by atoms with Crippen molar-refractivity contribution < 1.29 is 27.5 Å². The molecular formula is C23H21ClF3N3O3. The van der Waals surface area contributed by atoms with Crippen LogP contribution in [0.25, 0.3) is 10.9 Å². The van der Waals surface area contributed by atoms with Crippen LogP contribution in [0.3, 0.4) is 0 Å². The Morgan fingerprint density at radius 1 is 1.12 bits per heavy atom. The first kappa shape index (κ1) is 23.0. The highest BCUT2D eigenvalue weighted by atomic mass is 35.5. The first-order chi connectivity index (χ1) is 15.6. The van der Waals surface area contributed by atoms with Crippen molar-refractivity contribution in [2.75, 3.05) is 13.1 Å². The van der Waals surface area contributed by atoms with Crippen molar-refractivity contribution in [3.05, 3.63) is 64.8 Å². The summed E-state index contributed by atoms with van der Waals surface area (Å²) in [4.78, 5) is 26.4. The van der Waals surface area contributed by atoms with Crippen molar-refractivity contribution in [1.29, 1.82) is 0 Å². The highest BCUT2D eigenvalue weighted by Crippen LogP contribution is 2.37. The average Bonchev–Trinajstić information content (AvgIpc) is 3.09. The number of halogens is 4. The van der Waals surface area contributed by atoms with Crippen molar-refractivity contribution >= 4 is 34.3 Å². The summed E-state index contributed by atoms with van der Waals surface area (Å²) in [7, 11) is 0. The number of amides is 2. The van der Waals surface area contributed by atoms with E-state index in [0.717, 1.165) is 0 Å². The molecule has 2 amide bonds. The number of carbonyl (C=O) groups is 2. The third kappa shape index (κ3) is 5.08. The van der Waals surface area contributed by atoms with Gasteiger partial charge in [-0.1, -0.05) is 35.9 Å². The molecule has 1 aliphatic rings. The fraction of sp³-hybridized carbons (Fsp3) is 0.304. The molecule has 1 saturated heterocycles. The van der Waals surface area contributed by atoms with Crippen molar-refractivity contribution in [1.82, 2.24) is 9.47 Å². The number of nitrogens with two attached hydrogens (primary N) is 1. The maximum Gasteiger partial charge on any atom is 0.573 e. The molecule has 0 aliphatic carbocycles. The number of carbonyl (C=O) groups excluding carboxylic acids is 2. The van der Waals surface area contributed by atoms with Gasteiger partial charge in [0.2, 0.25) is 5.91 Å². The van der Waals surface area contributed by atoms with E-state index in [4.69, 9.17) is 17.3 Å². The number of piperidine rings is 1. The van der Waals surface area contributed by atoms with Crippen LogP contribution < -0.4 is 10.5 Å². The zero-order valence-corrected chi connectivity index (χ0v) is 18.2. The summed E-state index contributed by atoms with van der Waals surface area (Å²) in [6.07, 6.45) is -2.19. The van der Waals surface area contributed by atoms with Crippen molar-refractivity contribution in [3.8, 4) is 5.75 Å². The summed E-state index contributed by atoms with van der Waals surface area (Å²) in [5.41, 5.74) is 6.86. The molecule has 0 bridgehead atoms. The predicted molar refractivity (Wildman–Crippen MR) is 117 cm³/mol. The lowest BCUT2D eigenvalue weighted by Gasteiger charge is -2.33. The van der Waals surface area contributed by atoms with E-state index in [1.165, 1.54) is 12.1 Å². The van der Waals surface area contributed by atoms with Crippen molar-refractivity contribution in [2.24, 2.45) is 5.73 Å². The number of ether oxygens (including phenoxy) is 1. The molecule has 6 nitrogen and oxygen atoms in total. The SMILES string of the molecule is NC(=O)Cn1cc(C(=O)N2CCC(c3ccccc3OC(F)(F)F)CC2)c2ccc(Cl)cc21. The van der Waals surface area contributed by atoms with Crippen LogP contribution in [0.15, 0.2) is 48.7 Å². The second-order valence-electron chi connectivity index (χ2n) is 7.95. The van der Waals surface area contributed by atoms with E-state index in [0.29, 0.717) is 53.0 Å². The average molecular weight is 480 g/mol. The zero-order chi connectivity index (χ0) is 23.8. The van der Waals surface area contributed by atoms with Gasteiger partial charge in [-0.15, -0.1) is 13.2 Å². The summed E-state index contributed by atoms with van der Waals surface area (Å²) in [6, 6.07) is 11.2. The van der Waals surface area contributed by atoms with E-state index < -0.39 is 12.3 Å². The van der Waals surface area contributed by atoms with Gasteiger partial charge < -0.3 is 19.9 Å². The lowest BCUT2D eigenvalue weighted by Crippen LogP contribution is -2.38. The Morgan fingerprint density at radius 3 is 2.48 bits per heavy atom. The van der Waals surface area contributed by atoms with Crippen LogP contribution in [-0.4, -0.2) is 40.7 Å². The fourth-order valence-electron chi connectivity index (χ4n) is 4.33. The van der Waals surface area contributed by atoms with Crippen LogP contribution in [0.1, 0.15) is 34.7 Å². The Bertz CT molecular complexity index is 1200. The molecule has 2 aromatic carbocycles. The van der Waals surface area contributed by atoms with Gasteiger partial charge in [0.25, 0.3) is 5.91 Å². The van der Waals surface area contributed by atoms with E-state index in [2.05, 4.69) is 4.74 Å². The number of likely N-dealkylation sites (tertiary alicyclic amines) is 1. The number of hydrogen-bond acceptors (Lipinski definition) is 3.